The summed E-state index contributed by atoms with van der Waals surface area (Å²) in [5.74, 6) is 0.299. The Hall–Kier alpha value is -3.82. The van der Waals surface area contributed by atoms with E-state index in [9.17, 15) is 15.0 Å². The molecule has 0 saturated heterocycles. The third kappa shape index (κ3) is 10.9. The lowest BCUT2D eigenvalue weighted by atomic mass is 9.84. The smallest absolute Gasteiger partial charge is 0.328 e. The number of carboxylic acids is 1. The zero-order valence-corrected chi connectivity index (χ0v) is 26.3. The summed E-state index contributed by atoms with van der Waals surface area (Å²) >= 11 is 0. The zero-order chi connectivity index (χ0) is 31.9. The van der Waals surface area contributed by atoms with Crippen molar-refractivity contribution in [2.24, 2.45) is 10.7 Å². The minimum Gasteiger partial charge on any atom is -0.478 e. The number of H-pyrrole nitrogens is 1. The number of aromatic amines is 1. The number of nitrogens with one attached hydrogen (secondary N) is 3. The van der Waals surface area contributed by atoms with Crippen molar-refractivity contribution in [2.45, 2.75) is 101 Å². The average Bonchev–Trinajstić information content (AvgIpc) is 3.56. The van der Waals surface area contributed by atoms with Crippen molar-refractivity contribution in [1.29, 1.82) is 0 Å². The highest BCUT2D eigenvalue weighted by molar-refractivity contribution is 5.83. The fourth-order valence-corrected chi connectivity index (χ4v) is 6.50. The fraction of sp³-hybridized carbons (Fsp3) is 0.500. The molecule has 0 aliphatic carbocycles. The number of carbonyl (C=O) groups is 1. The van der Waals surface area contributed by atoms with Gasteiger partial charge in [-0.25, -0.2) is 9.79 Å². The molecule has 244 valence electrons. The van der Waals surface area contributed by atoms with Crippen molar-refractivity contribution in [3.8, 4) is 0 Å². The van der Waals surface area contributed by atoms with E-state index in [4.69, 9.17) is 10.8 Å². The maximum Gasteiger partial charge on any atom is 0.328 e. The Labute approximate surface area is 267 Å². The summed E-state index contributed by atoms with van der Waals surface area (Å²) in [5.41, 5.74) is 8.04. The standard InChI is InChI=1S/C36H51N5O4/c37-36-39-30(25-43)23-33(41-36)31(24-35(44)45)32(40-34-15-11-20-38-34)19-18-27(12-7-5-3-1-2-4-6-10-21-42)29-17-16-26-13-8-9-14-28(26)22-29/h8-9,11,13-17,20,22,24,27,30,32-33,38,40,42-43H,1-7,10,12,18-19,21,23,25H2,(H,44,45)(H3,37,39,41)/b31-24-/t27-,30+,32-,33-/m0/s1. The quantitative estimate of drug-likeness (QED) is 0.0600. The van der Waals surface area contributed by atoms with Gasteiger partial charge in [0.2, 0.25) is 0 Å². The number of hydrogen-bond donors (Lipinski definition) is 7. The van der Waals surface area contributed by atoms with Crippen LogP contribution in [0.3, 0.4) is 0 Å². The number of aliphatic hydroxyl groups is 2. The van der Waals surface area contributed by atoms with Gasteiger partial charge in [0.25, 0.3) is 0 Å². The number of rotatable bonds is 20. The first kappa shape index (κ1) is 34.1. The molecule has 0 bridgehead atoms. The Morgan fingerprint density at radius 3 is 2.36 bits per heavy atom. The van der Waals surface area contributed by atoms with Crippen molar-refractivity contribution in [3.63, 3.8) is 0 Å². The topological polar surface area (TPSA) is 156 Å². The van der Waals surface area contributed by atoms with Gasteiger partial charge in [0.15, 0.2) is 5.96 Å². The number of aromatic nitrogens is 1. The number of benzene rings is 2. The molecule has 4 rings (SSSR count). The number of guanidine groups is 1. The summed E-state index contributed by atoms with van der Waals surface area (Å²) in [4.78, 5) is 19.9. The summed E-state index contributed by atoms with van der Waals surface area (Å²) in [6.07, 6.45) is 15.4. The monoisotopic (exact) mass is 617 g/mol. The molecule has 0 saturated carbocycles. The highest BCUT2D eigenvalue weighted by Crippen LogP contribution is 2.33. The Morgan fingerprint density at radius 2 is 1.67 bits per heavy atom. The molecule has 0 unspecified atom stereocenters. The van der Waals surface area contributed by atoms with Crippen LogP contribution >= 0.6 is 0 Å². The van der Waals surface area contributed by atoms with Crippen molar-refractivity contribution >= 4 is 28.5 Å². The van der Waals surface area contributed by atoms with Gasteiger partial charge in [-0.3, -0.25) is 0 Å². The lowest BCUT2D eigenvalue weighted by Gasteiger charge is -2.33. The van der Waals surface area contributed by atoms with Crippen LogP contribution in [0.5, 0.6) is 0 Å². The van der Waals surface area contributed by atoms with Crippen LogP contribution in [0, 0.1) is 0 Å². The van der Waals surface area contributed by atoms with Gasteiger partial charge in [-0.05, 0) is 72.1 Å². The number of aliphatic carboxylic acids is 1. The van der Waals surface area contributed by atoms with Gasteiger partial charge in [0.1, 0.15) is 5.82 Å². The lowest BCUT2D eigenvalue weighted by Crippen LogP contribution is -2.49. The van der Waals surface area contributed by atoms with Crippen LogP contribution in [-0.4, -0.2) is 63.6 Å². The van der Waals surface area contributed by atoms with Crippen LogP contribution < -0.4 is 16.4 Å². The summed E-state index contributed by atoms with van der Waals surface area (Å²) in [7, 11) is 0. The molecule has 0 spiro atoms. The van der Waals surface area contributed by atoms with Gasteiger partial charge in [0.05, 0.1) is 24.7 Å². The first-order valence-corrected chi connectivity index (χ1v) is 16.6. The highest BCUT2D eigenvalue weighted by atomic mass is 16.4. The van der Waals surface area contributed by atoms with Crippen molar-refractivity contribution in [3.05, 3.63) is 78.0 Å². The lowest BCUT2D eigenvalue weighted by molar-refractivity contribution is -0.131. The predicted octanol–water partition coefficient (Wildman–Crippen LogP) is 6.06. The molecule has 0 radical (unpaired) electrons. The van der Waals surface area contributed by atoms with E-state index < -0.39 is 12.0 Å². The molecule has 9 heteroatoms. The number of nitrogens with zero attached hydrogens (tertiary/aromatic N) is 1. The Morgan fingerprint density at radius 1 is 0.933 bits per heavy atom. The number of unbranched alkanes of at least 4 members (excludes halogenated alkanes) is 7. The van der Waals surface area contributed by atoms with Gasteiger partial charge in [-0.2, -0.15) is 0 Å². The van der Waals surface area contributed by atoms with E-state index in [1.807, 2.05) is 18.3 Å². The maximum atomic E-state index is 12.1. The number of carboxylic acid groups (broad SMARTS) is 1. The van der Waals surface area contributed by atoms with Crippen LogP contribution in [0.15, 0.2) is 77.4 Å². The van der Waals surface area contributed by atoms with Crippen LogP contribution in [-0.2, 0) is 4.79 Å². The van der Waals surface area contributed by atoms with Gasteiger partial charge >= 0.3 is 5.97 Å². The first-order valence-electron chi connectivity index (χ1n) is 16.6. The molecule has 9 nitrogen and oxygen atoms in total. The van der Waals surface area contributed by atoms with E-state index in [2.05, 4.69) is 63.1 Å². The third-order valence-corrected chi connectivity index (χ3v) is 8.89. The number of nitrogens with two attached hydrogens (primary N) is 1. The molecule has 1 aromatic heterocycles. The molecule has 3 aromatic rings. The zero-order valence-electron chi connectivity index (χ0n) is 26.3. The van der Waals surface area contributed by atoms with Crippen LogP contribution in [0.4, 0.5) is 5.82 Å². The Bertz CT molecular complexity index is 1370. The number of anilines is 1. The largest absolute Gasteiger partial charge is 0.478 e. The van der Waals surface area contributed by atoms with Gasteiger partial charge in [-0.1, -0.05) is 87.4 Å². The number of aliphatic hydroxyl groups excluding tert-OH is 2. The second kappa shape index (κ2) is 18.2. The van der Waals surface area contributed by atoms with Crippen molar-refractivity contribution in [2.75, 3.05) is 18.5 Å². The fourth-order valence-electron chi connectivity index (χ4n) is 6.50. The SMILES string of the molecule is NC1=N[C@H](/C(=C\C(=O)O)[C@H](CC[C@H](CCCCCCCCCCO)c2ccc3ccccc3c2)Nc2ccc[nH]2)C[C@H](CO)N1. The van der Waals surface area contributed by atoms with Crippen LogP contribution in [0.25, 0.3) is 10.8 Å². The van der Waals surface area contributed by atoms with E-state index in [1.165, 1.54) is 54.5 Å². The minimum absolute atomic E-state index is 0.117. The van der Waals surface area contributed by atoms with E-state index >= 15 is 0 Å². The van der Waals surface area contributed by atoms with Gasteiger partial charge < -0.3 is 36.7 Å². The summed E-state index contributed by atoms with van der Waals surface area (Å²) in [5, 5.41) is 37.8. The third-order valence-electron chi connectivity index (χ3n) is 8.89. The first-order chi connectivity index (χ1) is 22.0. The molecule has 45 heavy (non-hydrogen) atoms. The van der Waals surface area contributed by atoms with Crippen LogP contribution in [0.2, 0.25) is 0 Å². The molecule has 2 aromatic carbocycles. The average molecular weight is 618 g/mol. The van der Waals surface area contributed by atoms with Crippen LogP contribution in [0.1, 0.15) is 88.5 Å². The van der Waals surface area contributed by atoms with E-state index in [1.54, 1.807) is 0 Å². The summed E-state index contributed by atoms with van der Waals surface area (Å²) < 4.78 is 0. The molecule has 1 aliphatic heterocycles. The molecule has 2 heterocycles. The van der Waals surface area contributed by atoms with Gasteiger partial charge in [-0.15, -0.1) is 0 Å². The molecule has 1 aliphatic rings. The highest BCUT2D eigenvalue weighted by Gasteiger charge is 2.30. The molecular formula is C36H51N5O4. The Balaban J connectivity index is 1.53. The van der Waals surface area contributed by atoms with Crippen molar-refractivity contribution in [1.82, 2.24) is 10.3 Å². The Kier molecular flexibility index (Phi) is 13.8. The molecule has 8 N–H and O–H groups in total. The molecule has 0 amide bonds. The van der Waals surface area contributed by atoms with E-state index in [-0.39, 0.29) is 31.3 Å². The number of hydrogen-bond acceptors (Lipinski definition) is 7. The second-order valence-corrected chi connectivity index (χ2v) is 12.3. The number of aliphatic imine (C=N–C) groups is 1. The normalized spacial score (nSPS) is 18.3. The molecule has 4 atom stereocenters. The minimum atomic E-state index is -1.03. The number of fused-ring (bicyclic) bond motifs is 1. The van der Waals surface area contributed by atoms with Gasteiger partial charge in [0, 0.05) is 18.9 Å². The second-order valence-electron chi connectivity index (χ2n) is 12.3. The van der Waals surface area contributed by atoms with E-state index in [0.29, 0.717) is 24.3 Å². The molecule has 0 fully saturated rings. The summed E-state index contributed by atoms with van der Waals surface area (Å²) in [6, 6.07) is 18.0. The van der Waals surface area contributed by atoms with E-state index in [0.717, 1.165) is 37.9 Å². The molecular weight excluding hydrogens is 566 g/mol. The van der Waals surface area contributed by atoms with Crippen molar-refractivity contribution < 1.29 is 20.1 Å². The predicted molar refractivity (Wildman–Crippen MR) is 183 cm³/mol. The summed E-state index contributed by atoms with van der Waals surface area (Å²) in [6.45, 7) is 0.169. The maximum absolute atomic E-state index is 12.1.